The largest absolute Gasteiger partial charge is 0.500 e. The first-order chi connectivity index (χ1) is 21.3. The highest BCUT2D eigenvalue weighted by molar-refractivity contribution is 8.76. The summed E-state index contributed by atoms with van der Waals surface area (Å²) in [7, 11) is -3.19. The number of rotatable bonds is 23. The zero-order valence-electron chi connectivity index (χ0n) is 26.4. The molecule has 0 spiro atoms. The first-order valence-electron chi connectivity index (χ1n) is 14.9. The fourth-order valence-corrected chi connectivity index (χ4v) is 10.7. The van der Waals surface area contributed by atoms with E-state index in [1.54, 1.807) is 0 Å². The van der Waals surface area contributed by atoms with E-state index < -0.39 is 29.7 Å². The molecule has 2 heterocycles. The molecule has 250 valence electrons. The molecule has 2 aromatic heterocycles. The number of nitrogens with one attached hydrogen (secondary N) is 2. The van der Waals surface area contributed by atoms with Gasteiger partial charge in [0.15, 0.2) is 0 Å². The van der Waals surface area contributed by atoms with Crippen molar-refractivity contribution in [1.29, 1.82) is 0 Å². The topological polar surface area (TPSA) is 175 Å². The molecular formula is C24H46N8O8S2Si2. The maximum Gasteiger partial charge on any atom is 0.500 e. The summed E-state index contributed by atoms with van der Waals surface area (Å²) in [6, 6.07) is 0.364. The van der Waals surface area contributed by atoms with Crippen molar-refractivity contribution in [2.45, 2.75) is 76.8 Å². The van der Waals surface area contributed by atoms with Crippen LogP contribution >= 0.6 is 21.6 Å². The van der Waals surface area contributed by atoms with Crippen LogP contribution in [0.15, 0.2) is 23.0 Å². The predicted octanol–water partition coefficient (Wildman–Crippen LogP) is 3.66. The summed E-state index contributed by atoms with van der Waals surface area (Å²) in [6.45, 7) is 15.2. The minimum absolute atomic E-state index is 0.340. The van der Waals surface area contributed by atoms with Gasteiger partial charge < -0.3 is 37.2 Å². The van der Waals surface area contributed by atoms with Crippen molar-refractivity contribution in [3.8, 4) is 0 Å². The lowest BCUT2D eigenvalue weighted by Gasteiger charge is -2.28. The zero-order chi connectivity index (χ0) is 32.3. The minimum Gasteiger partial charge on any atom is -0.374 e. The Balaban J connectivity index is 1.77. The van der Waals surface area contributed by atoms with Crippen molar-refractivity contribution in [3.63, 3.8) is 0 Å². The van der Waals surface area contributed by atoms with Crippen molar-refractivity contribution in [2.75, 3.05) is 52.7 Å². The van der Waals surface area contributed by atoms with Crippen molar-refractivity contribution in [2.24, 2.45) is 0 Å². The molecule has 44 heavy (non-hydrogen) atoms. The molecule has 20 heteroatoms. The summed E-state index contributed by atoms with van der Waals surface area (Å²) in [5, 5.41) is 14.7. The Labute approximate surface area is 269 Å². The van der Waals surface area contributed by atoms with Crippen LogP contribution in [-0.4, -0.2) is 112 Å². The van der Waals surface area contributed by atoms with Crippen LogP contribution in [-0.2, 0) is 26.6 Å². The quantitative estimate of drug-likeness (QED) is 0.0979. The Kier molecular flexibility index (Phi) is 18.3. The van der Waals surface area contributed by atoms with Crippen LogP contribution in [0.4, 0.5) is 9.59 Å². The molecule has 0 saturated heterocycles. The molecule has 0 unspecified atom stereocenters. The van der Waals surface area contributed by atoms with Crippen LogP contribution in [0.2, 0.25) is 12.1 Å². The average Bonchev–Trinajstić information content (AvgIpc) is 3.67. The van der Waals surface area contributed by atoms with Gasteiger partial charge in [-0.25, -0.2) is 19.6 Å². The summed E-state index contributed by atoms with van der Waals surface area (Å²) < 4.78 is 37.3. The van der Waals surface area contributed by atoms with E-state index in [1.807, 2.05) is 41.5 Å². The third kappa shape index (κ3) is 12.8. The van der Waals surface area contributed by atoms with Gasteiger partial charge in [0, 0.05) is 64.8 Å². The molecular weight excluding hydrogens is 649 g/mol. The normalized spacial score (nSPS) is 12.0. The number of carbonyl (C=O) groups is 2. The molecule has 0 bridgehead atoms. The summed E-state index contributed by atoms with van der Waals surface area (Å²) in [4.78, 5) is 33.4. The number of hydrogen-bond donors (Lipinski definition) is 2. The standard InChI is InChI=1S/C24H46N8O8S2Si2/c1-7-35-43(36-8-2,37-9-3)17-13-15-25-23(33)31-19-27-21(29-31)41-42-22-28-20-32(30-22)24(34)26-16-14-18-44(38-10-4,39-11-5)40-12-6/h19-20H,7-18H2,1-6H3,(H,25,33)(H,26,34). The van der Waals surface area contributed by atoms with Gasteiger partial charge in [0.05, 0.1) is 0 Å². The van der Waals surface area contributed by atoms with E-state index in [0.717, 1.165) is 9.36 Å². The Hall–Kier alpha value is -1.89. The number of hydrogen-bond acceptors (Lipinski definition) is 14. The Morgan fingerprint density at radius 3 is 1.25 bits per heavy atom. The predicted molar refractivity (Wildman–Crippen MR) is 169 cm³/mol. The van der Waals surface area contributed by atoms with E-state index in [9.17, 15) is 9.59 Å². The SMILES string of the molecule is CCO[Si](CCCNC(=O)n1cnc(SSc2ncn(C(=O)NCCC[Si](OCC)(OCC)OCC)n2)n1)(OCC)OCC. The van der Waals surface area contributed by atoms with Crippen molar-refractivity contribution in [3.05, 3.63) is 12.7 Å². The van der Waals surface area contributed by atoms with Gasteiger partial charge in [0.2, 0.25) is 10.3 Å². The summed E-state index contributed by atoms with van der Waals surface area (Å²) >= 11 is 0. The van der Waals surface area contributed by atoms with Crippen molar-refractivity contribution < 1.29 is 36.1 Å². The van der Waals surface area contributed by atoms with E-state index in [2.05, 4.69) is 30.8 Å². The second-order valence-corrected chi connectivity index (χ2v) is 16.3. The highest BCUT2D eigenvalue weighted by Crippen LogP contribution is 2.32. The maximum atomic E-state index is 12.5. The van der Waals surface area contributed by atoms with E-state index in [4.69, 9.17) is 26.6 Å². The molecule has 0 aliphatic carbocycles. The van der Waals surface area contributed by atoms with E-state index in [0.29, 0.717) is 88.0 Å². The highest BCUT2D eigenvalue weighted by atomic mass is 33.1. The van der Waals surface area contributed by atoms with Crippen LogP contribution in [0.3, 0.4) is 0 Å². The summed E-state index contributed by atoms with van der Waals surface area (Å²) in [5.74, 6) is 0. The summed E-state index contributed by atoms with van der Waals surface area (Å²) in [5.41, 5.74) is 0. The van der Waals surface area contributed by atoms with Crippen LogP contribution in [0.25, 0.3) is 0 Å². The minimum atomic E-state index is -2.76. The van der Waals surface area contributed by atoms with Gasteiger partial charge in [-0.2, -0.15) is 9.36 Å². The maximum absolute atomic E-state index is 12.5. The highest BCUT2D eigenvalue weighted by Gasteiger charge is 2.40. The van der Waals surface area contributed by atoms with Crippen LogP contribution in [0.1, 0.15) is 54.4 Å². The molecule has 2 N–H and O–H groups in total. The lowest BCUT2D eigenvalue weighted by Crippen LogP contribution is -2.46. The molecule has 0 aromatic carbocycles. The van der Waals surface area contributed by atoms with Gasteiger partial charge in [0.1, 0.15) is 12.7 Å². The van der Waals surface area contributed by atoms with Gasteiger partial charge in [-0.1, -0.05) is 0 Å². The molecule has 2 rings (SSSR count). The molecule has 2 aromatic rings. The average molecular weight is 695 g/mol. The Bertz CT molecular complexity index is 998. The van der Waals surface area contributed by atoms with Crippen molar-refractivity contribution >= 4 is 51.3 Å². The third-order valence-electron chi connectivity index (χ3n) is 5.61. The lowest BCUT2D eigenvalue weighted by molar-refractivity contribution is 0.0700. The van der Waals surface area contributed by atoms with Crippen molar-refractivity contribution in [1.82, 2.24) is 40.2 Å². The number of carbonyl (C=O) groups excluding carboxylic acids is 2. The Morgan fingerprint density at radius 1 is 0.636 bits per heavy atom. The van der Waals surface area contributed by atoms with E-state index in [1.165, 1.54) is 34.2 Å². The fourth-order valence-electron chi connectivity index (χ4n) is 4.01. The van der Waals surface area contributed by atoms with Crippen LogP contribution < -0.4 is 10.6 Å². The summed E-state index contributed by atoms with van der Waals surface area (Å²) in [6.07, 6.45) is 3.92. The molecule has 0 aliphatic heterocycles. The molecule has 0 radical (unpaired) electrons. The molecule has 0 aliphatic rings. The second kappa shape index (κ2) is 21.0. The second-order valence-electron chi connectivity index (χ2n) is 8.75. The molecule has 0 fully saturated rings. The van der Waals surface area contributed by atoms with Gasteiger partial charge >= 0.3 is 29.7 Å². The smallest absolute Gasteiger partial charge is 0.374 e. The monoisotopic (exact) mass is 694 g/mol. The number of amides is 2. The van der Waals surface area contributed by atoms with Gasteiger partial charge in [-0.3, -0.25) is 0 Å². The lowest BCUT2D eigenvalue weighted by atomic mass is 10.5. The van der Waals surface area contributed by atoms with Gasteiger partial charge in [-0.15, -0.1) is 10.2 Å². The molecule has 0 saturated carbocycles. The van der Waals surface area contributed by atoms with Crippen LogP contribution in [0, 0.1) is 0 Å². The van der Waals surface area contributed by atoms with Gasteiger partial charge in [-0.05, 0) is 76.0 Å². The number of aromatic nitrogens is 6. The van der Waals surface area contributed by atoms with E-state index >= 15 is 0 Å². The fraction of sp³-hybridized carbons (Fsp3) is 0.750. The molecule has 16 nitrogen and oxygen atoms in total. The third-order valence-corrected chi connectivity index (χ3v) is 13.8. The Morgan fingerprint density at radius 2 is 0.955 bits per heavy atom. The first-order valence-corrected chi connectivity index (χ1v) is 20.9. The van der Waals surface area contributed by atoms with Crippen LogP contribution in [0.5, 0.6) is 0 Å². The van der Waals surface area contributed by atoms with E-state index in [-0.39, 0.29) is 0 Å². The molecule has 0 atom stereocenters. The first kappa shape index (κ1) is 38.3. The van der Waals surface area contributed by atoms with Gasteiger partial charge in [0.25, 0.3) is 0 Å². The molecule has 2 amide bonds. The number of nitrogens with zero attached hydrogens (tertiary/aromatic N) is 6. The zero-order valence-corrected chi connectivity index (χ0v) is 30.0.